The third-order valence-corrected chi connectivity index (χ3v) is 4.88. The van der Waals surface area contributed by atoms with Gasteiger partial charge in [-0.05, 0) is 23.8 Å². The van der Waals surface area contributed by atoms with Crippen LogP contribution in [0.25, 0.3) is 0 Å². The van der Waals surface area contributed by atoms with Gasteiger partial charge in [-0.15, -0.1) is 0 Å². The molecule has 1 heterocycles. The molecule has 1 aromatic heterocycles. The predicted molar refractivity (Wildman–Crippen MR) is 73.0 cm³/mol. The summed E-state index contributed by atoms with van der Waals surface area (Å²) in [5.41, 5.74) is 1.09. The van der Waals surface area contributed by atoms with E-state index in [-0.39, 0.29) is 5.97 Å². The van der Waals surface area contributed by atoms with Crippen molar-refractivity contribution < 1.29 is 13.9 Å². The Balaban J connectivity index is 2.01. The fourth-order valence-corrected chi connectivity index (χ4v) is 2.85. The maximum absolute atomic E-state index is 11.5. The van der Waals surface area contributed by atoms with E-state index in [1.807, 2.05) is 0 Å². The average Bonchev–Trinajstić information content (AvgIpc) is 2.63. The molecule has 1 saturated carbocycles. The molecule has 0 spiro atoms. The minimum absolute atomic E-state index is 0.291. The Hall–Kier alpha value is -1.29. The van der Waals surface area contributed by atoms with Crippen LogP contribution in [-0.4, -0.2) is 19.1 Å². The number of carbonyl (C=O) groups is 1. The van der Waals surface area contributed by atoms with Crippen LogP contribution in [0.5, 0.6) is 0 Å². The van der Waals surface area contributed by atoms with E-state index < -0.39 is 0 Å². The molecule has 4 heteroatoms. The number of methoxy groups -OCH3 is 1. The molecule has 1 aromatic rings. The molecule has 0 bridgehead atoms. The number of carbonyl (C=O) groups excluding carboxylic acids is 1. The first kappa shape index (κ1) is 14.1. The van der Waals surface area contributed by atoms with Crippen LogP contribution in [0, 0.1) is 17.8 Å². The Morgan fingerprint density at radius 3 is 2.42 bits per heavy atom. The second-order valence-corrected chi connectivity index (χ2v) is 6.43. The smallest absolute Gasteiger partial charge is 0.341 e. The first-order chi connectivity index (χ1) is 8.71. The largest absolute Gasteiger partial charge is 0.465 e. The second-order valence-electron chi connectivity index (χ2n) is 6.43. The maximum atomic E-state index is 11.5. The lowest BCUT2D eigenvalue weighted by Crippen LogP contribution is -2.21. The van der Waals surface area contributed by atoms with Crippen molar-refractivity contribution in [3.05, 3.63) is 23.2 Å². The normalized spacial score (nSPS) is 20.3. The van der Waals surface area contributed by atoms with Crippen molar-refractivity contribution in [2.24, 2.45) is 10.8 Å². The third kappa shape index (κ3) is 2.18. The monoisotopic (exact) mass is 265 g/mol. The molecule has 1 N–H and O–H groups in total. The van der Waals surface area contributed by atoms with Crippen LogP contribution in [0.15, 0.2) is 10.5 Å². The highest BCUT2D eigenvalue weighted by molar-refractivity contribution is 5.90. The summed E-state index contributed by atoms with van der Waals surface area (Å²) in [6.07, 6.45) is 0. The fourth-order valence-electron chi connectivity index (χ4n) is 2.85. The number of aryl methyl sites for hydroxylation is 1. The number of hydrogen-bond acceptors (Lipinski definition) is 4. The number of nitrogens with one attached hydrogen (secondary N) is 1. The lowest BCUT2D eigenvalue weighted by molar-refractivity contribution is 0.0599. The number of esters is 1. The summed E-state index contributed by atoms with van der Waals surface area (Å²) in [5.74, 6) is 1.04. The van der Waals surface area contributed by atoms with Crippen LogP contribution in [-0.2, 0) is 11.3 Å². The van der Waals surface area contributed by atoms with Gasteiger partial charge in [0.2, 0.25) is 0 Å². The van der Waals surface area contributed by atoms with Crippen LogP contribution in [0.4, 0.5) is 0 Å². The van der Waals surface area contributed by atoms with Gasteiger partial charge < -0.3 is 14.5 Å². The third-order valence-electron chi connectivity index (χ3n) is 4.88. The molecule has 19 heavy (non-hydrogen) atoms. The molecule has 0 unspecified atom stereocenters. The Morgan fingerprint density at radius 1 is 1.37 bits per heavy atom. The van der Waals surface area contributed by atoms with Gasteiger partial charge in [0.25, 0.3) is 0 Å². The van der Waals surface area contributed by atoms with Gasteiger partial charge in [-0.3, -0.25) is 0 Å². The molecule has 1 fully saturated rings. The standard InChI is InChI=1S/C15H23NO3/c1-9-11(12(17)18-6)7-10(19-9)8-16-13-14(2,3)15(13,4)5/h7,13,16H,8H2,1-6H3. The zero-order valence-electron chi connectivity index (χ0n) is 12.6. The van der Waals surface area contributed by atoms with Crippen molar-refractivity contribution in [3.8, 4) is 0 Å². The number of furan rings is 1. The number of hydrogen-bond donors (Lipinski definition) is 1. The van der Waals surface area contributed by atoms with Crippen molar-refractivity contribution in [3.63, 3.8) is 0 Å². The van der Waals surface area contributed by atoms with Gasteiger partial charge >= 0.3 is 5.97 Å². The van der Waals surface area contributed by atoms with E-state index in [1.54, 1.807) is 13.0 Å². The molecule has 0 atom stereocenters. The molecule has 4 nitrogen and oxygen atoms in total. The van der Waals surface area contributed by atoms with Crippen molar-refractivity contribution in [1.82, 2.24) is 5.32 Å². The summed E-state index contributed by atoms with van der Waals surface area (Å²) in [6.45, 7) is 11.5. The molecule has 106 valence electrons. The molecule has 1 aliphatic rings. The molecule has 0 amide bonds. The van der Waals surface area contributed by atoms with E-state index in [4.69, 9.17) is 9.15 Å². The SMILES string of the molecule is COC(=O)c1cc(CNC2C(C)(C)C2(C)C)oc1C. The van der Waals surface area contributed by atoms with E-state index in [0.717, 1.165) is 5.76 Å². The Bertz CT molecular complexity index is 485. The fraction of sp³-hybridized carbons (Fsp3) is 0.667. The predicted octanol–water partition coefficient (Wildman–Crippen LogP) is 2.90. The summed E-state index contributed by atoms with van der Waals surface area (Å²) in [4.78, 5) is 11.5. The molecule has 0 aliphatic heterocycles. The molecule has 0 aromatic carbocycles. The van der Waals surface area contributed by atoms with Gasteiger partial charge in [-0.25, -0.2) is 4.79 Å². The minimum Gasteiger partial charge on any atom is -0.465 e. The molecular weight excluding hydrogens is 242 g/mol. The highest BCUT2D eigenvalue weighted by atomic mass is 16.5. The zero-order chi connectivity index (χ0) is 14.4. The van der Waals surface area contributed by atoms with Crippen LogP contribution in [0.3, 0.4) is 0 Å². The molecular formula is C15H23NO3. The first-order valence-electron chi connectivity index (χ1n) is 6.63. The van der Waals surface area contributed by atoms with Crippen molar-refractivity contribution in [1.29, 1.82) is 0 Å². The highest BCUT2D eigenvalue weighted by Gasteiger charge is 2.64. The average molecular weight is 265 g/mol. The Morgan fingerprint density at radius 2 is 1.95 bits per heavy atom. The topological polar surface area (TPSA) is 51.5 Å². The van der Waals surface area contributed by atoms with Gasteiger partial charge in [0.1, 0.15) is 17.1 Å². The lowest BCUT2D eigenvalue weighted by Gasteiger charge is -2.03. The summed E-state index contributed by atoms with van der Waals surface area (Å²) in [5, 5.41) is 3.51. The lowest BCUT2D eigenvalue weighted by atomic mass is 10.0. The highest BCUT2D eigenvalue weighted by Crippen LogP contribution is 2.62. The van der Waals surface area contributed by atoms with Crippen LogP contribution < -0.4 is 5.32 Å². The number of rotatable bonds is 4. The van der Waals surface area contributed by atoms with E-state index >= 15 is 0 Å². The van der Waals surface area contributed by atoms with Gasteiger partial charge in [0, 0.05) is 6.04 Å². The quantitative estimate of drug-likeness (QED) is 0.850. The summed E-state index contributed by atoms with van der Waals surface area (Å²) in [7, 11) is 1.38. The van der Waals surface area contributed by atoms with E-state index in [0.29, 0.717) is 34.7 Å². The van der Waals surface area contributed by atoms with Crippen molar-refractivity contribution >= 4 is 5.97 Å². The van der Waals surface area contributed by atoms with Crippen LogP contribution in [0.1, 0.15) is 49.6 Å². The van der Waals surface area contributed by atoms with Gasteiger partial charge in [0.15, 0.2) is 0 Å². The second kappa shape index (κ2) is 4.37. The van der Waals surface area contributed by atoms with Crippen molar-refractivity contribution in [2.45, 2.75) is 47.2 Å². The Labute approximate surface area is 114 Å². The summed E-state index contributed by atoms with van der Waals surface area (Å²) in [6, 6.07) is 2.23. The first-order valence-corrected chi connectivity index (χ1v) is 6.63. The van der Waals surface area contributed by atoms with Crippen LogP contribution >= 0.6 is 0 Å². The van der Waals surface area contributed by atoms with E-state index in [2.05, 4.69) is 33.0 Å². The van der Waals surface area contributed by atoms with Gasteiger partial charge in [0.05, 0.1) is 13.7 Å². The van der Waals surface area contributed by atoms with Crippen molar-refractivity contribution in [2.75, 3.05) is 7.11 Å². The van der Waals surface area contributed by atoms with E-state index in [1.165, 1.54) is 7.11 Å². The Kier molecular flexibility index (Phi) is 3.25. The summed E-state index contributed by atoms with van der Waals surface area (Å²) < 4.78 is 10.3. The van der Waals surface area contributed by atoms with Crippen LogP contribution in [0.2, 0.25) is 0 Å². The summed E-state index contributed by atoms with van der Waals surface area (Å²) >= 11 is 0. The van der Waals surface area contributed by atoms with Gasteiger partial charge in [-0.1, -0.05) is 27.7 Å². The molecule has 0 saturated heterocycles. The van der Waals surface area contributed by atoms with Gasteiger partial charge in [-0.2, -0.15) is 0 Å². The number of ether oxygens (including phenoxy) is 1. The minimum atomic E-state index is -0.348. The molecule has 0 radical (unpaired) electrons. The molecule has 1 aliphatic carbocycles. The van der Waals surface area contributed by atoms with E-state index in [9.17, 15) is 4.79 Å². The maximum Gasteiger partial charge on any atom is 0.341 e. The zero-order valence-corrected chi connectivity index (χ0v) is 12.6. The molecule has 2 rings (SSSR count).